The van der Waals surface area contributed by atoms with Crippen LogP contribution >= 0.6 is 23.5 Å². The van der Waals surface area contributed by atoms with Crippen molar-refractivity contribution in [3.63, 3.8) is 0 Å². The van der Waals surface area contributed by atoms with Gasteiger partial charge in [0, 0.05) is 28.1 Å². The monoisotopic (exact) mass is 334 g/mol. The number of nitrogens with one attached hydrogen (secondary N) is 1. The highest BCUT2D eigenvalue weighted by Crippen LogP contribution is 2.20. The SMILES string of the molecule is CSC(C)CCNS(=O)(=O)CCSc1cccc(N)c1. The first-order valence-electron chi connectivity index (χ1n) is 6.41. The summed E-state index contributed by atoms with van der Waals surface area (Å²) in [6.07, 6.45) is 2.88. The maximum absolute atomic E-state index is 11.8. The molecular weight excluding hydrogens is 312 g/mol. The molecule has 0 heterocycles. The minimum atomic E-state index is -3.18. The molecule has 1 rings (SSSR count). The lowest BCUT2D eigenvalue weighted by molar-refractivity contribution is 0.580. The summed E-state index contributed by atoms with van der Waals surface area (Å²) in [5, 5.41) is 0.472. The van der Waals surface area contributed by atoms with E-state index in [1.54, 1.807) is 11.8 Å². The number of rotatable bonds is 9. The minimum Gasteiger partial charge on any atom is -0.399 e. The van der Waals surface area contributed by atoms with Gasteiger partial charge in [0.1, 0.15) is 0 Å². The Kier molecular flexibility index (Phi) is 7.79. The molecule has 0 radical (unpaired) electrons. The van der Waals surface area contributed by atoms with Crippen LogP contribution in [-0.4, -0.2) is 38.0 Å². The van der Waals surface area contributed by atoms with Crippen LogP contribution in [0.15, 0.2) is 29.2 Å². The van der Waals surface area contributed by atoms with Gasteiger partial charge in [0.15, 0.2) is 0 Å². The fourth-order valence-electron chi connectivity index (χ4n) is 1.48. The molecule has 1 aromatic rings. The van der Waals surface area contributed by atoms with Crippen LogP contribution in [-0.2, 0) is 10.0 Å². The molecule has 0 aliphatic heterocycles. The Morgan fingerprint density at radius 1 is 1.40 bits per heavy atom. The molecule has 114 valence electrons. The minimum absolute atomic E-state index is 0.125. The van der Waals surface area contributed by atoms with Gasteiger partial charge < -0.3 is 5.73 Å². The number of hydrogen-bond donors (Lipinski definition) is 2. The van der Waals surface area contributed by atoms with Crippen LogP contribution in [0.4, 0.5) is 5.69 Å². The van der Waals surface area contributed by atoms with Crippen LogP contribution in [0.3, 0.4) is 0 Å². The average molecular weight is 335 g/mol. The van der Waals surface area contributed by atoms with E-state index in [1.165, 1.54) is 11.8 Å². The molecule has 3 N–H and O–H groups in total. The summed E-state index contributed by atoms with van der Waals surface area (Å²) in [6, 6.07) is 7.47. The molecule has 0 saturated carbocycles. The highest BCUT2D eigenvalue weighted by molar-refractivity contribution is 8.00. The van der Waals surface area contributed by atoms with Crippen LogP contribution in [0.25, 0.3) is 0 Å². The summed E-state index contributed by atoms with van der Waals surface area (Å²) in [5.74, 6) is 0.650. The molecule has 20 heavy (non-hydrogen) atoms. The third kappa shape index (κ3) is 7.42. The molecule has 0 aliphatic rings. The fraction of sp³-hybridized carbons (Fsp3) is 0.538. The van der Waals surface area contributed by atoms with E-state index in [2.05, 4.69) is 11.6 Å². The number of hydrogen-bond acceptors (Lipinski definition) is 5. The third-order valence-electron chi connectivity index (χ3n) is 2.75. The van der Waals surface area contributed by atoms with Crippen molar-refractivity contribution in [2.24, 2.45) is 0 Å². The van der Waals surface area contributed by atoms with Crippen molar-refractivity contribution in [1.82, 2.24) is 4.72 Å². The second-order valence-corrected chi connectivity index (χ2v) is 8.84. The van der Waals surface area contributed by atoms with Gasteiger partial charge in [-0.05, 0) is 30.9 Å². The smallest absolute Gasteiger partial charge is 0.212 e. The maximum atomic E-state index is 11.8. The van der Waals surface area contributed by atoms with Crippen molar-refractivity contribution in [3.05, 3.63) is 24.3 Å². The Balaban J connectivity index is 2.29. The van der Waals surface area contributed by atoms with E-state index in [0.29, 0.717) is 23.2 Å². The topological polar surface area (TPSA) is 72.2 Å². The molecule has 0 bridgehead atoms. The second kappa shape index (κ2) is 8.81. The maximum Gasteiger partial charge on any atom is 0.212 e. The Morgan fingerprint density at radius 3 is 2.80 bits per heavy atom. The Morgan fingerprint density at radius 2 is 2.15 bits per heavy atom. The van der Waals surface area contributed by atoms with Gasteiger partial charge >= 0.3 is 0 Å². The van der Waals surface area contributed by atoms with E-state index in [-0.39, 0.29) is 5.75 Å². The van der Waals surface area contributed by atoms with Gasteiger partial charge in [0.2, 0.25) is 10.0 Å². The van der Waals surface area contributed by atoms with Crippen molar-refractivity contribution in [1.29, 1.82) is 0 Å². The highest BCUT2D eigenvalue weighted by Gasteiger charge is 2.10. The van der Waals surface area contributed by atoms with Gasteiger partial charge in [-0.15, -0.1) is 11.8 Å². The van der Waals surface area contributed by atoms with Crippen LogP contribution in [0.2, 0.25) is 0 Å². The van der Waals surface area contributed by atoms with E-state index in [1.807, 2.05) is 30.5 Å². The zero-order valence-electron chi connectivity index (χ0n) is 11.8. The standard InChI is InChI=1S/C13H22N2O2S3/c1-11(18-2)6-7-15-20(16,17)9-8-19-13-5-3-4-12(14)10-13/h3-5,10-11,15H,6-9,14H2,1-2H3. The molecule has 7 heteroatoms. The van der Waals surface area contributed by atoms with E-state index in [0.717, 1.165) is 11.3 Å². The van der Waals surface area contributed by atoms with Crippen molar-refractivity contribution in [2.75, 3.05) is 30.0 Å². The number of benzene rings is 1. The fourth-order valence-corrected chi connectivity index (χ4v) is 4.25. The number of thioether (sulfide) groups is 2. The van der Waals surface area contributed by atoms with Gasteiger partial charge in [-0.25, -0.2) is 13.1 Å². The first-order chi connectivity index (χ1) is 9.43. The Hall–Kier alpha value is -0.370. The van der Waals surface area contributed by atoms with E-state index in [4.69, 9.17) is 5.73 Å². The lowest BCUT2D eigenvalue weighted by Crippen LogP contribution is -2.29. The van der Waals surface area contributed by atoms with Gasteiger partial charge in [0.05, 0.1) is 5.75 Å². The number of anilines is 1. The molecule has 0 spiro atoms. The molecule has 0 aliphatic carbocycles. The quantitative estimate of drug-likeness (QED) is 0.536. The summed E-state index contributed by atoms with van der Waals surface area (Å²) < 4.78 is 26.2. The van der Waals surface area contributed by atoms with E-state index < -0.39 is 10.0 Å². The Labute approximate surface area is 130 Å². The van der Waals surface area contributed by atoms with E-state index >= 15 is 0 Å². The molecular formula is C13H22N2O2S3. The van der Waals surface area contributed by atoms with Crippen LogP contribution < -0.4 is 10.5 Å². The molecule has 1 unspecified atom stereocenters. The zero-order valence-corrected chi connectivity index (χ0v) is 14.3. The second-order valence-electron chi connectivity index (χ2n) is 4.47. The van der Waals surface area contributed by atoms with Crippen molar-refractivity contribution in [2.45, 2.75) is 23.5 Å². The molecule has 0 fully saturated rings. The molecule has 1 atom stereocenters. The third-order valence-corrected chi connectivity index (χ3v) is 6.43. The van der Waals surface area contributed by atoms with Gasteiger partial charge in [-0.2, -0.15) is 11.8 Å². The summed E-state index contributed by atoms with van der Waals surface area (Å²) in [6.45, 7) is 2.60. The normalized spacial score (nSPS) is 13.3. The predicted octanol–water partition coefficient (Wildman–Crippen LogP) is 2.42. The number of nitrogens with two attached hydrogens (primary N) is 1. The number of sulfonamides is 1. The molecule has 0 saturated heterocycles. The molecule has 0 aromatic heterocycles. The van der Waals surface area contributed by atoms with Gasteiger partial charge in [-0.1, -0.05) is 13.0 Å². The first kappa shape index (κ1) is 17.7. The molecule has 0 amide bonds. The van der Waals surface area contributed by atoms with E-state index in [9.17, 15) is 8.42 Å². The number of nitrogen functional groups attached to an aromatic ring is 1. The first-order valence-corrected chi connectivity index (χ1v) is 10.3. The van der Waals surface area contributed by atoms with Crippen molar-refractivity contribution < 1.29 is 8.42 Å². The van der Waals surface area contributed by atoms with Gasteiger partial charge in [0.25, 0.3) is 0 Å². The van der Waals surface area contributed by atoms with Gasteiger partial charge in [-0.3, -0.25) is 0 Å². The lowest BCUT2D eigenvalue weighted by atomic mass is 10.3. The predicted molar refractivity (Wildman–Crippen MR) is 91.0 cm³/mol. The summed E-state index contributed by atoms with van der Waals surface area (Å²) in [5.41, 5.74) is 6.37. The summed E-state index contributed by atoms with van der Waals surface area (Å²) in [7, 11) is -3.18. The van der Waals surface area contributed by atoms with Crippen molar-refractivity contribution in [3.8, 4) is 0 Å². The zero-order chi connectivity index (χ0) is 15.0. The lowest BCUT2D eigenvalue weighted by Gasteiger charge is -2.09. The largest absolute Gasteiger partial charge is 0.399 e. The van der Waals surface area contributed by atoms with Crippen molar-refractivity contribution >= 4 is 39.2 Å². The van der Waals surface area contributed by atoms with Crippen LogP contribution in [0, 0.1) is 0 Å². The summed E-state index contributed by atoms with van der Waals surface area (Å²) >= 11 is 3.24. The van der Waals surface area contributed by atoms with Crippen LogP contribution in [0.5, 0.6) is 0 Å². The van der Waals surface area contributed by atoms with Crippen LogP contribution in [0.1, 0.15) is 13.3 Å². The molecule has 1 aromatic carbocycles. The average Bonchev–Trinajstić information content (AvgIpc) is 2.38. The highest BCUT2D eigenvalue weighted by atomic mass is 32.2. The molecule has 4 nitrogen and oxygen atoms in total. The Bertz CT molecular complexity index is 506. The summed E-state index contributed by atoms with van der Waals surface area (Å²) in [4.78, 5) is 0.996.